The maximum atomic E-state index is 13.9. The number of carbonyl (C=O) groups excluding carboxylic acids is 1. The molecule has 0 bridgehead atoms. The maximum absolute atomic E-state index is 13.9. The van der Waals surface area contributed by atoms with E-state index in [4.69, 9.17) is 0 Å². The molecule has 1 saturated heterocycles. The molecule has 0 saturated carbocycles. The normalized spacial score (nSPS) is 25.0. The van der Waals surface area contributed by atoms with Crippen molar-refractivity contribution in [3.05, 3.63) is 35.1 Å². The smallest absolute Gasteiger partial charge is 0.223 e. The van der Waals surface area contributed by atoms with Crippen LogP contribution in [0.25, 0.3) is 0 Å². The monoisotopic (exact) mass is 326 g/mol. The molecule has 3 rings (SSSR count). The minimum atomic E-state index is -0.138. The Balaban J connectivity index is 0.00000176. The van der Waals surface area contributed by atoms with Crippen molar-refractivity contribution in [2.45, 2.75) is 38.6 Å². The number of piperidine rings is 1. The Bertz CT molecular complexity index is 531. The number of benzene rings is 1. The van der Waals surface area contributed by atoms with Gasteiger partial charge >= 0.3 is 0 Å². The van der Waals surface area contributed by atoms with Crippen molar-refractivity contribution in [3.63, 3.8) is 0 Å². The second kappa shape index (κ2) is 7.42. The molecular weight excluding hydrogens is 303 g/mol. The van der Waals surface area contributed by atoms with Gasteiger partial charge in [0.2, 0.25) is 5.91 Å². The quantitative estimate of drug-likeness (QED) is 0.877. The molecule has 2 atom stereocenters. The zero-order valence-electron chi connectivity index (χ0n) is 12.9. The summed E-state index contributed by atoms with van der Waals surface area (Å²) in [5.41, 5.74) is 1.75. The lowest BCUT2D eigenvalue weighted by molar-refractivity contribution is -0.127. The summed E-state index contributed by atoms with van der Waals surface area (Å²) in [6.07, 6.45) is 3.47. The van der Waals surface area contributed by atoms with Crippen LogP contribution in [-0.2, 0) is 11.2 Å². The van der Waals surface area contributed by atoms with Crippen molar-refractivity contribution >= 4 is 18.3 Å². The summed E-state index contributed by atoms with van der Waals surface area (Å²) >= 11 is 0. The highest BCUT2D eigenvalue weighted by molar-refractivity contribution is 5.85. The molecule has 1 aromatic rings. The van der Waals surface area contributed by atoms with Crippen LogP contribution < -0.4 is 10.6 Å². The van der Waals surface area contributed by atoms with Crippen molar-refractivity contribution < 1.29 is 9.18 Å². The topological polar surface area (TPSA) is 41.1 Å². The highest BCUT2D eigenvalue weighted by atomic mass is 35.5. The molecule has 3 nitrogen and oxygen atoms in total. The van der Waals surface area contributed by atoms with Crippen LogP contribution >= 0.6 is 12.4 Å². The molecule has 2 aliphatic rings. The minimum Gasteiger partial charge on any atom is -0.349 e. The van der Waals surface area contributed by atoms with Gasteiger partial charge in [0, 0.05) is 5.92 Å². The molecule has 1 heterocycles. The number of hydrogen-bond acceptors (Lipinski definition) is 2. The Kier molecular flexibility index (Phi) is 5.81. The summed E-state index contributed by atoms with van der Waals surface area (Å²) in [6.45, 7) is 3.95. The lowest BCUT2D eigenvalue weighted by Gasteiger charge is -2.34. The van der Waals surface area contributed by atoms with E-state index in [1.54, 1.807) is 6.07 Å². The van der Waals surface area contributed by atoms with Gasteiger partial charge in [0.15, 0.2) is 0 Å². The first-order chi connectivity index (χ1) is 10.2. The average molecular weight is 327 g/mol. The molecular formula is C17H24ClFN2O. The van der Waals surface area contributed by atoms with E-state index < -0.39 is 0 Å². The molecule has 2 N–H and O–H groups in total. The van der Waals surface area contributed by atoms with Gasteiger partial charge in [0.25, 0.3) is 0 Å². The van der Waals surface area contributed by atoms with Gasteiger partial charge in [0.1, 0.15) is 5.82 Å². The Morgan fingerprint density at radius 3 is 2.73 bits per heavy atom. The van der Waals surface area contributed by atoms with E-state index in [9.17, 15) is 9.18 Å². The zero-order valence-corrected chi connectivity index (χ0v) is 13.7. The van der Waals surface area contributed by atoms with Crippen LogP contribution in [0.4, 0.5) is 4.39 Å². The van der Waals surface area contributed by atoms with Gasteiger partial charge in [-0.1, -0.05) is 19.1 Å². The van der Waals surface area contributed by atoms with Gasteiger partial charge in [0.05, 0.1) is 6.04 Å². The SMILES string of the molecule is CC1CCc2c(F)cccc2C1NC(=O)C1CCNCC1.Cl. The van der Waals surface area contributed by atoms with Crippen LogP contribution in [0.5, 0.6) is 0 Å². The van der Waals surface area contributed by atoms with Gasteiger partial charge in [-0.2, -0.15) is 0 Å². The van der Waals surface area contributed by atoms with Crippen LogP contribution in [0.2, 0.25) is 0 Å². The largest absolute Gasteiger partial charge is 0.349 e. The molecule has 0 aromatic heterocycles. The van der Waals surface area contributed by atoms with E-state index in [0.717, 1.165) is 49.9 Å². The molecule has 5 heteroatoms. The van der Waals surface area contributed by atoms with Crippen molar-refractivity contribution in [2.75, 3.05) is 13.1 Å². The number of rotatable bonds is 2. The fraction of sp³-hybridized carbons (Fsp3) is 0.588. The number of hydrogen-bond donors (Lipinski definition) is 2. The van der Waals surface area contributed by atoms with E-state index in [2.05, 4.69) is 17.6 Å². The van der Waals surface area contributed by atoms with Crippen LogP contribution in [0, 0.1) is 17.7 Å². The summed E-state index contributed by atoms with van der Waals surface area (Å²) in [7, 11) is 0. The summed E-state index contributed by atoms with van der Waals surface area (Å²) in [6, 6.07) is 5.17. The molecule has 1 aliphatic carbocycles. The summed E-state index contributed by atoms with van der Waals surface area (Å²) < 4.78 is 13.9. The Morgan fingerprint density at radius 1 is 1.27 bits per heavy atom. The number of fused-ring (bicyclic) bond motifs is 1. The predicted molar refractivity (Wildman–Crippen MR) is 87.6 cm³/mol. The summed E-state index contributed by atoms with van der Waals surface area (Å²) in [5.74, 6) is 0.438. The third kappa shape index (κ3) is 3.44. The fourth-order valence-electron chi connectivity index (χ4n) is 3.55. The molecule has 1 amide bonds. The van der Waals surface area contributed by atoms with Gasteiger partial charge in [-0.25, -0.2) is 4.39 Å². The Morgan fingerprint density at radius 2 is 2.00 bits per heavy atom. The Hall–Kier alpha value is -1.13. The molecule has 0 spiro atoms. The summed E-state index contributed by atoms with van der Waals surface area (Å²) in [4.78, 5) is 12.5. The van der Waals surface area contributed by atoms with Crippen LogP contribution in [0.1, 0.15) is 43.4 Å². The van der Waals surface area contributed by atoms with Gasteiger partial charge in [-0.05, 0) is 61.9 Å². The fourth-order valence-corrected chi connectivity index (χ4v) is 3.55. The molecule has 1 fully saturated rings. The van der Waals surface area contributed by atoms with Gasteiger partial charge < -0.3 is 10.6 Å². The standard InChI is InChI=1S/C17H23FN2O.ClH/c1-11-5-6-13-14(3-2-4-15(13)18)16(11)20-17(21)12-7-9-19-10-8-12;/h2-4,11-12,16,19H,5-10H2,1H3,(H,20,21);1H. The van der Waals surface area contributed by atoms with Crippen LogP contribution in [-0.4, -0.2) is 19.0 Å². The lowest BCUT2D eigenvalue weighted by Crippen LogP contribution is -2.42. The third-order valence-electron chi connectivity index (χ3n) is 4.92. The molecule has 1 aromatic carbocycles. The molecule has 2 unspecified atom stereocenters. The van der Waals surface area contributed by atoms with E-state index in [1.807, 2.05) is 6.07 Å². The van der Waals surface area contributed by atoms with Crippen molar-refractivity contribution in [1.82, 2.24) is 10.6 Å². The van der Waals surface area contributed by atoms with E-state index in [0.29, 0.717) is 5.92 Å². The lowest BCUT2D eigenvalue weighted by atomic mass is 9.80. The molecule has 22 heavy (non-hydrogen) atoms. The number of amides is 1. The zero-order chi connectivity index (χ0) is 14.8. The average Bonchev–Trinajstić information content (AvgIpc) is 2.51. The number of halogens is 2. The molecule has 122 valence electrons. The van der Waals surface area contributed by atoms with E-state index in [-0.39, 0.29) is 36.1 Å². The first kappa shape index (κ1) is 17.2. The molecule has 1 aliphatic heterocycles. The number of carbonyl (C=O) groups is 1. The third-order valence-corrected chi connectivity index (χ3v) is 4.92. The van der Waals surface area contributed by atoms with E-state index >= 15 is 0 Å². The predicted octanol–water partition coefficient (Wildman–Crippen LogP) is 2.99. The van der Waals surface area contributed by atoms with Crippen LogP contribution in [0.3, 0.4) is 0 Å². The number of nitrogens with one attached hydrogen (secondary N) is 2. The second-order valence-corrected chi connectivity index (χ2v) is 6.33. The van der Waals surface area contributed by atoms with Crippen molar-refractivity contribution in [2.24, 2.45) is 11.8 Å². The second-order valence-electron chi connectivity index (χ2n) is 6.33. The molecule has 0 radical (unpaired) electrons. The van der Waals surface area contributed by atoms with Gasteiger partial charge in [-0.15, -0.1) is 12.4 Å². The van der Waals surface area contributed by atoms with Crippen LogP contribution in [0.15, 0.2) is 18.2 Å². The summed E-state index contributed by atoms with van der Waals surface area (Å²) in [5, 5.41) is 6.46. The van der Waals surface area contributed by atoms with Gasteiger partial charge in [-0.3, -0.25) is 4.79 Å². The highest BCUT2D eigenvalue weighted by Crippen LogP contribution is 2.35. The first-order valence-electron chi connectivity index (χ1n) is 7.95. The first-order valence-corrected chi connectivity index (χ1v) is 7.95. The van der Waals surface area contributed by atoms with Crippen molar-refractivity contribution in [1.29, 1.82) is 0 Å². The Labute approximate surface area is 137 Å². The minimum absolute atomic E-state index is 0. The highest BCUT2D eigenvalue weighted by Gasteiger charge is 2.31. The van der Waals surface area contributed by atoms with Crippen molar-refractivity contribution in [3.8, 4) is 0 Å². The maximum Gasteiger partial charge on any atom is 0.223 e. The van der Waals surface area contributed by atoms with E-state index in [1.165, 1.54) is 6.07 Å².